The van der Waals surface area contributed by atoms with E-state index < -0.39 is 0 Å². The van der Waals surface area contributed by atoms with Crippen molar-refractivity contribution in [2.45, 2.75) is 25.2 Å². The molecule has 2 aliphatic rings. The third-order valence-corrected chi connectivity index (χ3v) is 5.40. The molecular formula is C15H19Cl2NO. The second-order valence-electron chi connectivity index (χ2n) is 5.67. The van der Waals surface area contributed by atoms with Crippen molar-refractivity contribution in [3.8, 4) is 0 Å². The van der Waals surface area contributed by atoms with E-state index >= 15 is 0 Å². The Morgan fingerprint density at radius 3 is 2.68 bits per heavy atom. The summed E-state index contributed by atoms with van der Waals surface area (Å²) in [5.74, 6) is 0.562. The fourth-order valence-corrected chi connectivity index (χ4v) is 3.87. The van der Waals surface area contributed by atoms with E-state index in [2.05, 4.69) is 17.4 Å². The van der Waals surface area contributed by atoms with Crippen LogP contribution in [0.4, 0.5) is 0 Å². The lowest BCUT2D eigenvalue weighted by atomic mass is 9.64. The summed E-state index contributed by atoms with van der Waals surface area (Å²) in [6, 6.07) is 6.12. The van der Waals surface area contributed by atoms with Crippen LogP contribution in [0.2, 0.25) is 10.0 Å². The van der Waals surface area contributed by atoms with Gasteiger partial charge in [0.05, 0.1) is 10.0 Å². The molecule has 0 radical (unpaired) electrons. The molecule has 0 saturated carbocycles. The Morgan fingerprint density at radius 1 is 1.16 bits per heavy atom. The number of ether oxygens (including phenoxy) is 1. The zero-order chi connectivity index (χ0) is 13.3. The molecule has 1 unspecified atom stereocenters. The maximum absolute atomic E-state index is 6.19. The molecule has 19 heavy (non-hydrogen) atoms. The van der Waals surface area contributed by atoms with Crippen molar-refractivity contribution in [2.75, 3.05) is 26.3 Å². The van der Waals surface area contributed by atoms with E-state index in [-0.39, 0.29) is 0 Å². The molecule has 2 saturated heterocycles. The van der Waals surface area contributed by atoms with Crippen LogP contribution < -0.4 is 5.32 Å². The molecule has 1 aromatic carbocycles. The lowest BCUT2D eigenvalue weighted by Crippen LogP contribution is -2.48. The van der Waals surface area contributed by atoms with Crippen LogP contribution in [0.3, 0.4) is 0 Å². The maximum Gasteiger partial charge on any atom is 0.0595 e. The summed E-state index contributed by atoms with van der Waals surface area (Å²) >= 11 is 12.2. The summed E-state index contributed by atoms with van der Waals surface area (Å²) in [5, 5.41) is 4.86. The van der Waals surface area contributed by atoms with Gasteiger partial charge in [0.2, 0.25) is 0 Å². The molecule has 2 fully saturated rings. The first-order valence-corrected chi connectivity index (χ1v) is 7.70. The van der Waals surface area contributed by atoms with Gasteiger partial charge in [-0.2, -0.15) is 0 Å². The SMILES string of the molecule is Clc1ccc(C2CCNCC23CCOCC3)cc1Cl. The van der Waals surface area contributed by atoms with Gasteiger partial charge < -0.3 is 10.1 Å². The topological polar surface area (TPSA) is 21.3 Å². The first-order valence-electron chi connectivity index (χ1n) is 6.95. The molecular weight excluding hydrogens is 281 g/mol. The second-order valence-corrected chi connectivity index (χ2v) is 6.48. The molecule has 4 heteroatoms. The smallest absolute Gasteiger partial charge is 0.0595 e. The normalized spacial score (nSPS) is 26.5. The number of piperidine rings is 1. The standard InChI is InChI=1S/C15H19Cl2NO/c16-13-2-1-11(9-14(13)17)12-3-6-18-10-15(12)4-7-19-8-5-15/h1-2,9,12,18H,3-8,10H2. The van der Waals surface area contributed by atoms with Gasteiger partial charge in [-0.15, -0.1) is 0 Å². The van der Waals surface area contributed by atoms with Crippen molar-refractivity contribution >= 4 is 23.2 Å². The van der Waals surface area contributed by atoms with Crippen molar-refractivity contribution < 1.29 is 4.74 Å². The summed E-state index contributed by atoms with van der Waals surface area (Å²) in [7, 11) is 0. The summed E-state index contributed by atoms with van der Waals surface area (Å²) in [6.45, 7) is 3.91. The highest BCUT2D eigenvalue weighted by atomic mass is 35.5. The fourth-order valence-electron chi connectivity index (χ4n) is 3.57. The van der Waals surface area contributed by atoms with Crippen LogP contribution in [0.15, 0.2) is 18.2 Å². The molecule has 2 aliphatic heterocycles. The predicted molar refractivity (Wildman–Crippen MR) is 79.2 cm³/mol. The van der Waals surface area contributed by atoms with E-state index in [1.165, 1.54) is 5.56 Å². The fraction of sp³-hybridized carbons (Fsp3) is 0.600. The maximum atomic E-state index is 6.19. The Hall–Kier alpha value is -0.280. The van der Waals surface area contributed by atoms with E-state index in [0.29, 0.717) is 21.4 Å². The average molecular weight is 300 g/mol. The van der Waals surface area contributed by atoms with Crippen LogP contribution in [0, 0.1) is 5.41 Å². The summed E-state index contributed by atoms with van der Waals surface area (Å²) in [5.41, 5.74) is 1.66. The van der Waals surface area contributed by atoms with Gasteiger partial charge in [-0.1, -0.05) is 29.3 Å². The minimum absolute atomic E-state index is 0.327. The Kier molecular flexibility index (Phi) is 4.04. The molecule has 3 rings (SSSR count). The van der Waals surface area contributed by atoms with Crippen molar-refractivity contribution in [2.24, 2.45) is 5.41 Å². The Bertz CT molecular complexity index is 449. The van der Waals surface area contributed by atoms with Crippen LogP contribution in [-0.4, -0.2) is 26.3 Å². The zero-order valence-corrected chi connectivity index (χ0v) is 12.4. The average Bonchev–Trinajstić information content (AvgIpc) is 2.44. The molecule has 1 atom stereocenters. The van der Waals surface area contributed by atoms with Gasteiger partial charge in [-0.05, 0) is 54.8 Å². The van der Waals surface area contributed by atoms with E-state index in [9.17, 15) is 0 Å². The molecule has 1 N–H and O–H groups in total. The molecule has 0 aromatic heterocycles. The first-order chi connectivity index (χ1) is 9.21. The predicted octanol–water partition coefficient (Wildman–Crippen LogP) is 3.87. The van der Waals surface area contributed by atoms with Crippen molar-refractivity contribution in [3.63, 3.8) is 0 Å². The van der Waals surface area contributed by atoms with Gasteiger partial charge in [0.1, 0.15) is 0 Å². The first kappa shape index (κ1) is 13.7. The lowest BCUT2D eigenvalue weighted by molar-refractivity contribution is -0.01000. The molecule has 1 spiro atoms. The van der Waals surface area contributed by atoms with Crippen molar-refractivity contribution in [1.82, 2.24) is 5.32 Å². The molecule has 0 bridgehead atoms. The van der Waals surface area contributed by atoms with Gasteiger partial charge >= 0.3 is 0 Å². The highest BCUT2D eigenvalue weighted by molar-refractivity contribution is 6.42. The molecule has 2 nitrogen and oxygen atoms in total. The molecule has 0 aliphatic carbocycles. The number of hydrogen-bond acceptors (Lipinski definition) is 2. The van der Waals surface area contributed by atoms with Crippen LogP contribution in [0.25, 0.3) is 0 Å². The summed E-state index contributed by atoms with van der Waals surface area (Å²) < 4.78 is 5.55. The molecule has 2 heterocycles. The third-order valence-electron chi connectivity index (χ3n) is 4.66. The monoisotopic (exact) mass is 299 g/mol. The Labute approximate surface area is 124 Å². The highest BCUT2D eigenvalue weighted by Gasteiger charge is 2.42. The van der Waals surface area contributed by atoms with Gasteiger partial charge in [0.15, 0.2) is 0 Å². The van der Waals surface area contributed by atoms with Crippen LogP contribution in [-0.2, 0) is 4.74 Å². The number of rotatable bonds is 1. The second kappa shape index (κ2) is 5.61. The van der Waals surface area contributed by atoms with Crippen LogP contribution in [0.5, 0.6) is 0 Å². The highest BCUT2D eigenvalue weighted by Crippen LogP contribution is 2.47. The van der Waals surface area contributed by atoms with Crippen LogP contribution >= 0.6 is 23.2 Å². The number of hydrogen-bond donors (Lipinski definition) is 1. The van der Waals surface area contributed by atoms with Gasteiger partial charge in [0, 0.05) is 19.8 Å². The summed E-state index contributed by atoms with van der Waals surface area (Å²) in [4.78, 5) is 0. The quantitative estimate of drug-likeness (QED) is 0.850. The van der Waals surface area contributed by atoms with E-state index in [4.69, 9.17) is 27.9 Å². The Morgan fingerprint density at radius 2 is 1.95 bits per heavy atom. The van der Waals surface area contributed by atoms with E-state index in [1.54, 1.807) is 0 Å². The van der Waals surface area contributed by atoms with E-state index in [1.807, 2.05) is 6.07 Å². The van der Waals surface area contributed by atoms with Crippen molar-refractivity contribution in [1.29, 1.82) is 0 Å². The van der Waals surface area contributed by atoms with Crippen LogP contribution in [0.1, 0.15) is 30.7 Å². The molecule has 1 aromatic rings. The number of halogens is 2. The van der Waals surface area contributed by atoms with Gasteiger partial charge in [-0.3, -0.25) is 0 Å². The van der Waals surface area contributed by atoms with Gasteiger partial charge in [0.25, 0.3) is 0 Å². The molecule has 0 amide bonds. The zero-order valence-electron chi connectivity index (χ0n) is 10.9. The minimum atomic E-state index is 0.327. The lowest BCUT2D eigenvalue weighted by Gasteiger charge is -2.47. The minimum Gasteiger partial charge on any atom is -0.381 e. The number of benzene rings is 1. The Balaban J connectivity index is 1.93. The van der Waals surface area contributed by atoms with E-state index in [0.717, 1.165) is 45.6 Å². The summed E-state index contributed by atoms with van der Waals surface area (Å²) in [6.07, 6.45) is 3.42. The van der Waals surface area contributed by atoms with Gasteiger partial charge in [-0.25, -0.2) is 0 Å². The molecule has 104 valence electrons. The van der Waals surface area contributed by atoms with Crippen molar-refractivity contribution in [3.05, 3.63) is 33.8 Å². The number of nitrogens with one attached hydrogen (secondary N) is 1. The largest absolute Gasteiger partial charge is 0.381 e. The third kappa shape index (κ3) is 2.64.